The summed E-state index contributed by atoms with van der Waals surface area (Å²) in [6, 6.07) is 9.25. The summed E-state index contributed by atoms with van der Waals surface area (Å²) in [5.74, 6) is 0. The van der Waals surface area contributed by atoms with Gasteiger partial charge in [0.2, 0.25) is 0 Å². The van der Waals surface area contributed by atoms with Gasteiger partial charge in [-0.2, -0.15) is 0 Å². The van der Waals surface area contributed by atoms with Gasteiger partial charge in [-0.05, 0) is 38.8 Å². The second-order valence-electron chi connectivity index (χ2n) is 4.48. The van der Waals surface area contributed by atoms with E-state index in [-0.39, 0.29) is 0 Å². The molecule has 0 heterocycles. The number of aryl methyl sites for hydroxylation is 2. The Morgan fingerprint density at radius 3 is 2.44 bits per heavy atom. The van der Waals surface area contributed by atoms with Gasteiger partial charge in [-0.1, -0.05) is 48.9 Å². The Balaban J connectivity index is 2.48. The van der Waals surface area contributed by atoms with Gasteiger partial charge in [0.25, 0.3) is 0 Å². The van der Waals surface area contributed by atoms with Crippen LogP contribution in [0, 0.1) is 6.92 Å². The maximum atomic E-state index is 4.04. The van der Waals surface area contributed by atoms with E-state index in [2.05, 4.69) is 56.9 Å². The van der Waals surface area contributed by atoms with E-state index in [1.54, 1.807) is 0 Å². The first-order valence-corrected chi connectivity index (χ1v) is 6.07. The molecule has 0 fully saturated rings. The third-order valence-corrected chi connectivity index (χ3v) is 2.89. The lowest BCUT2D eigenvalue weighted by Gasteiger charge is -2.17. The maximum Gasteiger partial charge on any atom is 0.0277 e. The molecule has 16 heavy (non-hydrogen) atoms. The van der Waals surface area contributed by atoms with Crippen molar-refractivity contribution in [3.63, 3.8) is 0 Å². The molecule has 0 aliphatic carbocycles. The van der Waals surface area contributed by atoms with Gasteiger partial charge in [0.1, 0.15) is 0 Å². The highest BCUT2D eigenvalue weighted by Gasteiger charge is 2.07. The normalized spacial score (nSPS) is 12.4. The number of hydrogen-bond donors (Lipinski definition) is 1. The van der Waals surface area contributed by atoms with Crippen LogP contribution in [0.15, 0.2) is 36.4 Å². The van der Waals surface area contributed by atoms with Crippen LogP contribution in [-0.4, -0.2) is 12.6 Å². The molecule has 0 radical (unpaired) electrons. The Bertz CT molecular complexity index is 324. The van der Waals surface area contributed by atoms with Gasteiger partial charge in [-0.3, -0.25) is 0 Å². The van der Waals surface area contributed by atoms with Crippen LogP contribution in [-0.2, 0) is 6.42 Å². The Morgan fingerprint density at radius 2 is 1.94 bits per heavy atom. The highest BCUT2D eigenvalue weighted by Crippen LogP contribution is 2.10. The molecule has 88 valence electrons. The molecule has 1 nitrogen and oxygen atoms in total. The molecule has 0 amide bonds. The van der Waals surface area contributed by atoms with Crippen molar-refractivity contribution in [1.82, 2.24) is 5.32 Å². The maximum absolute atomic E-state index is 4.04. The second kappa shape index (κ2) is 6.49. The van der Waals surface area contributed by atoms with Gasteiger partial charge < -0.3 is 5.32 Å². The largest absolute Gasteiger partial charge is 0.311 e. The first kappa shape index (κ1) is 13.0. The molecule has 0 bridgehead atoms. The molecule has 1 N–H and O–H groups in total. The number of nitrogens with one attached hydrogen (secondary N) is 1. The minimum Gasteiger partial charge on any atom is -0.311 e. The average Bonchev–Trinajstić information content (AvgIpc) is 2.26. The molecule has 1 unspecified atom stereocenters. The zero-order valence-electron chi connectivity index (χ0n) is 10.7. The molecule has 1 aromatic rings. The third-order valence-electron chi connectivity index (χ3n) is 2.89. The fourth-order valence-corrected chi connectivity index (χ4v) is 1.83. The summed E-state index contributed by atoms with van der Waals surface area (Å²) in [6.45, 7) is 11.4. The Hall–Kier alpha value is -1.08. The molecule has 0 aliphatic rings. The highest BCUT2D eigenvalue weighted by atomic mass is 14.9. The first-order chi connectivity index (χ1) is 7.63. The zero-order chi connectivity index (χ0) is 12.0. The average molecular weight is 217 g/mol. The number of likely N-dealkylation sites (N-methyl/N-ethyl adjacent to an activating group) is 1. The van der Waals surface area contributed by atoms with Crippen molar-refractivity contribution in [2.45, 2.75) is 39.7 Å². The predicted molar refractivity (Wildman–Crippen MR) is 71.8 cm³/mol. The predicted octanol–water partition coefficient (Wildman–Crippen LogP) is 3.48. The summed E-state index contributed by atoms with van der Waals surface area (Å²) in [7, 11) is 0. The van der Waals surface area contributed by atoms with Crippen LogP contribution in [0.1, 0.15) is 31.4 Å². The molecule has 0 aromatic heterocycles. The number of benzene rings is 1. The van der Waals surface area contributed by atoms with Crippen molar-refractivity contribution >= 4 is 0 Å². The molecule has 0 spiro atoms. The van der Waals surface area contributed by atoms with Crippen LogP contribution < -0.4 is 5.32 Å². The van der Waals surface area contributed by atoms with E-state index in [0.717, 1.165) is 19.4 Å². The van der Waals surface area contributed by atoms with E-state index < -0.39 is 0 Å². The van der Waals surface area contributed by atoms with Crippen LogP contribution in [0.4, 0.5) is 0 Å². The monoisotopic (exact) mass is 217 g/mol. The fraction of sp³-hybridized carbons (Fsp3) is 0.467. The lowest BCUT2D eigenvalue weighted by Crippen LogP contribution is -2.30. The van der Waals surface area contributed by atoms with Crippen LogP contribution in [0.25, 0.3) is 0 Å². The van der Waals surface area contributed by atoms with Gasteiger partial charge in [-0.15, -0.1) is 0 Å². The topological polar surface area (TPSA) is 12.0 Å². The molecule has 0 aliphatic heterocycles. The second-order valence-corrected chi connectivity index (χ2v) is 4.48. The molecule has 1 aromatic carbocycles. The third kappa shape index (κ3) is 4.19. The standard InChI is InChI=1S/C15H23N/c1-5-16-15(12(2)3)11-10-14-8-6-13(4)7-9-14/h6-9,15-16H,2,5,10-11H2,1,3-4H3. The van der Waals surface area contributed by atoms with Crippen molar-refractivity contribution in [1.29, 1.82) is 0 Å². The number of hydrogen-bond acceptors (Lipinski definition) is 1. The van der Waals surface area contributed by atoms with Gasteiger partial charge in [0.05, 0.1) is 0 Å². The molecular formula is C15H23N. The summed E-state index contributed by atoms with van der Waals surface area (Å²) in [6.07, 6.45) is 2.25. The van der Waals surface area contributed by atoms with E-state index in [9.17, 15) is 0 Å². The van der Waals surface area contributed by atoms with Gasteiger partial charge >= 0.3 is 0 Å². The lowest BCUT2D eigenvalue weighted by atomic mass is 10.0. The minimum atomic E-state index is 0.450. The van der Waals surface area contributed by atoms with E-state index >= 15 is 0 Å². The molecular weight excluding hydrogens is 194 g/mol. The first-order valence-electron chi connectivity index (χ1n) is 6.07. The lowest BCUT2D eigenvalue weighted by molar-refractivity contribution is 0.552. The zero-order valence-corrected chi connectivity index (χ0v) is 10.7. The molecule has 1 rings (SSSR count). The van der Waals surface area contributed by atoms with Crippen LogP contribution in [0.5, 0.6) is 0 Å². The van der Waals surface area contributed by atoms with Crippen LogP contribution in [0.3, 0.4) is 0 Å². The van der Waals surface area contributed by atoms with Crippen molar-refractivity contribution < 1.29 is 0 Å². The smallest absolute Gasteiger partial charge is 0.0277 e. The van der Waals surface area contributed by atoms with E-state index in [0.29, 0.717) is 6.04 Å². The summed E-state index contributed by atoms with van der Waals surface area (Å²) in [5, 5.41) is 3.46. The summed E-state index contributed by atoms with van der Waals surface area (Å²) < 4.78 is 0. The summed E-state index contributed by atoms with van der Waals surface area (Å²) >= 11 is 0. The fourth-order valence-electron chi connectivity index (χ4n) is 1.83. The van der Waals surface area contributed by atoms with Crippen LogP contribution in [0.2, 0.25) is 0 Å². The van der Waals surface area contributed by atoms with E-state index in [1.807, 2.05) is 0 Å². The molecule has 0 saturated carbocycles. The molecule has 1 heteroatoms. The van der Waals surface area contributed by atoms with Gasteiger partial charge in [0.15, 0.2) is 0 Å². The van der Waals surface area contributed by atoms with Crippen molar-refractivity contribution in [2.24, 2.45) is 0 Å². The van der Waals surface area contributed by atoms with Crippen LogP contribution >= 0.6 is 0 Å². The quantitative estimate of drug-likeness (QED) is 0.719. The summed E-state index contributed by atoms with van der Waals surface area (Å²) in [5.41, 5.74) is 3.97. The van der Waals surface area contributed by atoms with Crippen molar-refractivity contribution in [2.75, 3.05) is 6.54 Å². The Labute approximate surface area is 99.6 Å². The van der Waals surface area contributed by atoms with Crippen molar-refractivity contribution in [3.8, 4) is 0 Å². The SMILES string of the molecule is C=C(C)C(CCc1ccc(C)cc1)NCC. The summed E-state index contributed by atoms with van der Waals surface area (Å²) in [4.78, 5) is 0. The van der Waals surface area contributed by atoms with Crippen molar-refractivity contribution in [3.05, 3.63) is 47.5 Å². The minimum absolute atomic E-state index is 0.450. The molecule has 1 atom stereocenters. The van der Waals surface area contributed by atoms with Gasteiger partial charge in [-0.25, -0.2) is 0 Å². The molecule has 0 saturated heterocycles. The number of rotatable bonds is 6. The van der Waals surface area contributed by atoms with E-state index in [4.69, 9.17) is 0 Å². The van der Waals surface area contributed by atoms with E-state index in [1.165, 1.54) is 16.7 Å². The Morgan fingerprint density at radius 1 is 1.31 bits per heavy atom. The van der Waals surface area contributed by atoms with Gasteiger partial charge in [0, 0.05) is 6.04 Å². The highest BCUT2D eigenvalue weighted by molar-refractivity contribution is 5.21. The Kier molecular flexibility index (Phi) is 5.27.